The number of hydrogen-bond acceptors (Lipinski definition) is 3. The summed E-state index contributed by atoms with van der Waals surface area (Å²) in [6.07, 6.45) is 2.72. The van der Waals surface area contributed by atoms with Gasteiger partial charge in [0.2, 0.25) is 0 Å². The van der Waals surface area contributed by atoms with Crippen molar-refractivity contribution in [1.29, 1.82) is 0 Å². The highest BCUT2D eigenvalue weighted by atomic mass is 19.3. The van der Waals surface area contributed by atoms with E-state index in [4.69, 9.17) is 9.47 Å². The van der Waals surface area contributed by atoms with Crippen LogP contribution in [0.3, 0.4) is 0 Å². The van der Waals surface area contributed by atoms with Crippen molar-refractivity contribution >= 4 is 0 Å². The van der Waals surface area contributed by atoms with Gasteiger partial charge in [0, 0.05) is 23.5 Å². The zero-order chi connectivity index (χ0) is 17.9. The van der Waals surface area contributed by atoms with Gasteiger partial charge in [0.15, 0.2) is 11.5 Å². The van der Waals surface area contributed by atoms with Gasteiger partial charge in [-0.25, -0.2) is 0 Å². The highest BCUT2D eigenvalue weighted by Crippen LogP contribution is 2.37. The fraction of sp³-hybridized carbons (Fsp3) is 0.150. The molecule has 1 heterocycles. The summed E-state index contributed by atoms with van der Waals surface area (Å²) in [6, 6.07) is 14.3. The third-order valence-corrected chi connectivity index (χ3v) is 4.01. The number of alkyl halides is 2. The van der Waals surface area contributed by atoms with Gasteiger partial charge >= 0.3 is 0 Å². The molecule has 0 amide bonds. The Morgan fingerprint density at radius 1 is 0.720 bits per heavy atom. The first kappa shape index (κ1) is 16.9. The predicted octanol–water partition coefficient (Wildman–Crippen LogP) is 4.91. The molecule has 2 aromatic carbocycles. The molecule has 0 aliphatic heterocycles. The molecular formula is C20H17F2NO2. The van der Waals surface area contributed by atoms with Crippen LogP contribution in [-0.4, -0.2) is 19.2 Å². The normalized spacial score (nSPS) is 11.2. The van der Waals surface area contributed by atoms with Crippen LogP contribution in [0.25, 0.3) is 11.1 Å². The van der Waals surface area contributed by atoms with Crippen LogP contribution in [0.5, 0.6) is 11.5 Å². The van der Waals surface area contributed by atoms with E-state index in [0.717, 1.165) is 11.1 Å². The number of pyridine rings is 1. The average molecular weight is 341 g/mol. The third kappa shape index (κ3) is 3.31. The first-order valence-electron chi connectivity index (χ1n) is 7.67. The lowest BCUT2D eigenvalue weighted by Crippen LogP contribution is -2.15. The van der Waals surface area contributed by atoms with E-state index in [0.29, 0.717) is 11.5 Å². The minimum atomic E-state index is -3.07. The number of nitrogens with zero attached hydrogens (tertiary/aromatic N) is 1. The maximum atomic E-state index is 14.6. The van der Waals surface area contributed by atoms with E-state index in [1.807, 2.05) is 12.1 Å². The van der Waals surface area contributed by atoms with Gasteiger partial charge in [-0.3, -0.25) is 4.98 Å². The molecule has 0 aliphatic carbocycles. The third-order valence-electron chi connectivity index (χ3n) is 4.01. The van der Waals surface area contributed by atoms with Crippen LogP contribution < -0.4 is 9.47 Å². The lowest BCUT2D eigenvalue weighted by atomic mass is 9.98. The number of aromatic nitrogens is 1. The van der Waals surface area contributed by atoms with Crippen molar-refractivity contribution in [3.05, 3.63) is 78.1 Å². The molecule has 0 saturated heterocycles. The van der Waals surface area contributed by atoms with Crippen LogP contribution in [0.1, 0.15) is 11.1 Å². The lowest BCUT2D eigenvalue weighted by Gasteiger charge is -2.17. The summed E-state index contributed by atoms with van der Waals surface area (Å²) in [5.74, 6) is -1.86. The SMILES string of the molecule is COc1ccc(-c2ccc(C(F)(F)c3ccncc3)cc2)cc1OC. The molecule has 5 heteroatoms. The number of ether oxygens (including phenoxy) is 2. The fourth-order valence-electron chi connectivity index (χ4n) is 2.62. The minimum Gasteiger partial charge on any atom is -0.493 e. The van der Waals surface area contributed by atoms with Gasteiger partial charge < -0.3 is 9.47 Å². The van der Waals surface area contributed by atoms with Crippen molar-refractivity contribution < 1.29 is 18.3 Å². The molecule has 0 aliphatic rings. The first-order valence-corrected chi connectivity index (χ1v) is 7.67. The Morgan fingerprint density at radius 2 is 1.28 bits per heavy atom. The highest BCUT2D eigenvalue weighted by molar-refractivity contribution is 5.67. The fourth-order valence-corrected chi connectivity index (χ4v) is 2.62. The Bertz CT molecular complexity index is 849. The van der Waals surface area contributed by atoms with Crippen molar-refractivity contribution in [3.8, 4) is 22.6 Å². The Morgan fingerprint density at radius 3 is 1.88 bits per heavy atom. The van der Waals surface area contributed by atoms with E-state index in [1.54, 1.807) is 32.4 Å². The zero-order valence-corrected chi connectivity index (χ0v) is 13.9. The molecule has 1 aromatic heterocycles. The summed E-state index contributed by atoms with van der Waals surface area (Å²) in [4.78, 5) is 3.78. The van der Waals surface area contributed by atoms with Crippen LogP contribution in [0, 0.1) is 0 Å². The van der Waals surface area contributed by atoms with Crippen molar-refractivity contribution in [2.75, 3.05) is 14.2 Å². The molecule has 0 spiro atoms. The molecular weight excluding hydrogens is 324 g/mol. The molecule has 0 saturated carbocycles. The summed E-state index contributed by atoms with van der Waals surface area (Å²) in [5, 5.41) is 0. The number of hydrogen-bond donors (Lipinski definition) is 0. The van der Waals surface area contributed by atoms with E-state index in [2.05, 4.69) is 4.98 Å². The second-order valence-electron chi connectivity index (χ2n) is 5.46. The maximum absolute atomic E-state index is 14.6. The number of methoxy groups -OCH3 is 2. The van der Waals surface area contributed by atoms with E-state index >= 15 is 0 Å². The van der Waals surface area contributed by atoms with E-state index in [9.17, 15) is 8.78 Å². The Hall–Kier alpha value is -2.95. The van der Waals surface area contributed by atoms with Crippen LogP contribution in [0.15, 0.2) is 67.0 Å². The van der Waals surface area contributed by atoms with Gasteiger partial charge in [-0.15, -0.1) is 0 Å². The molecule has 3 rings (SSSR count). The van der Waals surface area contributed by atoms with Gasteiger partial charge in [0.1, 0.15) is 0 Å². The quantitative estimate of drug-likeness (QED) is 0.661. The summed E-state index contributed by atoms with van der Waals surface area (Å²) >= 11 is 0. The molecule has 0 atom stereocenters. The predicted molar refractivity (Wildman–Crippen MR) is 92.2 cm³/mol. The van der Waals surface area contributed by atoms with Gasteiger partial charge in [-0.1, -0.05) is 30.3 Å². The largest absolute Gasteiger partial charge is 0.493 e. The van der Waals surface area contributed by atoms with Crippen LogP contribution in [0.4, 0.5) is 8.78 Å². The van der Waals surface area contributed by atoms with Gasteiger partial charge in [-0.2, -0.15) is 8.78 Å². The van der Waals surface area contributed by atoms with E-state index in [1.165, 1.54) is 36.7 Å². The number of rotatable bonds is 5. The molecule has 3 nitrogen and oxygen atoms in total. The second-order valence-corrected chi connectivity index (χ2v) is 5.46. The topological polar surface area (TPSA) is 31.4 Å². The summed E-state index contributed by atoms with van der Waals surface area (Å²) < 4.78 is 39.6. The number of benzene rings is 2. The van der Waals surface area contributed by atoms with Crippen LogP contribution in [-0.2, 0) is 5.92 Å². The summed E-state index contributed by atoms with van der Waals surface area (Å²) in [5.41, 5.74) is 1.52. The molecule has 0 unspecified atom stereocenters. The molecule has 0 bridgehead atoms. The van der Waals surface area contributed by atoms with Crippen molar-refractivity contribution in [2.24, 2.45) is 0 Å². The highest BCUT2D eigenvalue weighted by Gasteiger charge is 2.33. The van der Waals surface area contributed by atoms with Crippen molar-refractivity contribution in [1.82, 2.24) is 4.98 Å². The smallest absolute Gasteiger partial charge is 0.298 e. The zero-order valence-electron chi connectivity index (χ0n) is 13.9. The molecule has 25 heavy (non-hydrogen) atoms. The van der Waals surface area contributed by atoms with E-state index in [-0.39, 0.29) is 11.1 Å². The molecule has 0 fully saturated rings. The summed E-state index contributed by atoms with van der Waals surface area (Å²) in [6.45, 7) is 0. The van der Waals surface area contributed by atoms with Crippen LogP contribution >= 0.6 is 0 Å². The number of halogens is 2. The monoisotopic (exact) mass is 341 g/mol. The maximum Gasteiger partial charge on any atom is 0.298 e. The lowest BCUT2D eigenvalue weighted by molar-refractivity contribution is 0.0427. The van der Waals surface area contributed by atoms with Gasteiger partial charge in [0.05, 0.1) is 14.2 Å². The molecule has 0 radical (unpaired) electrons. The molecule has 0 N–H and O–H groups in total. The first-order chi connectivity index (χ1) is 12.1. The Balaban J connectivity index is 1.93. The summed E-state index contributed by atoms with van der Waals surface area (Å²) in [7, 11) is 3.12. The van der Waals surface area contributed by atoms with Gasteiger partial charge in [0.25, 0.3) is 5.92 Å². The minimum absolute atomic E-state index is 0.0667. The molecule has 128 valence electrons. The Labute approximate surface area is 144 Å². The second kappa shape index (κ2) is 6.89. The van der Waals surface area contributed by atoms with Gasteiger partial charge in [-0.05, 0) is 35.4 Å². The van der Waals surface area contributed by atoms with E-state index < -0.39 is 5.92 Å². The average Bonchev–Trinajstić information content (AvgIpc) is 2.68. The Kier molecular flexibility index (Phi) is 4.65. The molecule has 3 aromatic rings. The standard InChI is InChI=1S/C20H17F2NO2/c1-24-18-8-5-15(13-19(18)25-2)14-3-6-16(7-4-14)20(21,22)17-9-11-23-12-10-17/h3-13H,1-2H3. The van der Waals surface area contributed by atoms with Crippen molar-refractivity contribution in [2.45, 2.75) is 5.92 Å². The van der Waals surface area contributed by atoms with Crippen molar-refractivity contribution in [3.63, 3.8) is 0 Å². The van der Waals surface area contributed by atoms with Crippen LogP contribution in [0.2, 0.25) is 0 Å².